The number of rotatable bonds is 21. The number of benzene rings is 9. The van der Waals surface area contributed by atoms with Gasteiger partial charge in [-0.25, -0.2) is 24.2 Å². The molecule has 4 unspecified atom stereocenters. The number of nitrogens with zero attached hydrogens (tertiary/aromatic N) is 5. The Kier molecular flexibility index (Phi) is 50.8. The van der Waals surface area contributed by atoms with Gasteiger partial charge in [0.05, 0.1) is 37.5 Å². The smallest absolute Gasteiger partial charge is 0.412 e. The summed E-state index contributed by atoms with van der Waals surface area (Å²) >= 11 is 0. The number of aliphatic imine (C=N–C) groups is 1. The van der Waals surface area contributed by atoms with Gasteiger partial charge in [-0.2, -0.15) is 0 Å². The maximum absolute atomic E-state index is 11.7. The zero-order chi connectivity index (χ0) is 82.9. The fourth-order valence-electron chi connectivity index (χ4n) is 9.52. The molecule has 13 rings (SSSR count). The molecule has 0 aliphatic carbocycles. The monoisotopic (exact) mass is 1920 g/mol. The van der Waals surface area contributed by atoms with Crippen LogP contribution in [0.15, 0.2) is 363 Å². The molecular formula is C97H96Ir2N6O12-4. The molecule has 4 atom stereocenters. The number of esters is 2. The van der Waals surface area contributed by atoms with Crippen molar-refractivity contribution in [2.75, 3.05) is 26.3 Å². The molecular weight excluding hydrogens is 1830 g/mol. The van der Waals surface area contributed by atoms with E-state index < -0.39 is 42.4 Å². The number of phenols is 1. The first kappa shape index (κ1) is 98.8. The number of amides is 1. The number of phenolic OH excluding ortho intramolecular Hbond substituents is 1. The summed E-state index contributed by atoms with van der Waals surface area (Å²) in [7, 11) is 0. The van der Waals surface area contributed by atoms with Crippen molar-refractivity contribution in [3.63, 3.8) is 0 Å². The van der Waals surface area contributed by atoms with E-state index in [0.29, 0.717) is 22.4 Å². The summed E-state index contributed by atoms with van der Waals surface area (Å²) in [5.74, 6) is -0.534. The number of isocyanates is 1. The van der Waals surface area contributed by atoms with Crippen molar-refractivity contribution in [3.05, 3.63) is 411 Å². The molecule has 1 amide bonds. The average Bonchev–Trinajstić information content (AvgIpc) is 0.869. The molecule has 4 aromatic heterocycles. The van der Waals surface area contributed by atoms with E-state index in [1.807, 2.05) is 250 Å². The van der Waals surface area contributed by atoms with Crippen LogP contribution >= 0.6 is 0 Å². The van der Waals surface area contributed by atoms with Crippen molar-refractivity contribution >= 4 is 24.1 Å². The molecule has 0 aliphatic rings. The van der Waals surface area contributed by atoms with E-state index in [9.17, 15) is 39.6 Å². The van der Waals surface area contributed by atoms with E-state index in [2.05, 4.69) is 91.5 Å². The largest absolute Gasteiger partial charge is 0.508 e. The van der Waals surface area contributed by atoms with Crippen LogP contribution in [-0.2, 0) is 64.1 Å². The third-order valence-corrected chi connectivity index (χ3v) is 15.4. The summed E-state index contributed by atoms with van der Waals surface area (Å²) in [6, 6.07) is 109. The number of carbonyl (C=O) groups excluding carboxylic acids is 4. The molecule has 6 N–H and O–H groups in total. The second-order valence-electron chi connectivity index (χ2n) is 24.3. The third-order valence-electron chi connectivity index (χ3n) is 15.4. The van der Waals surface area contributed by atoms with Crippen molar-refractivity contribution in [1.29, 1.82) is 0 Å². The van der Waals surface area contributed by atoms with Gasteiger partial charge in [-0.1, -0.05) is 196 Å². The van der Waals surface area contributed by atoms with E-state index in [4.69, 9.17) is 14.6 Å². The van der Waals surface area contributed by atoms with Crippen LogP contribution in [0.4, 0.5) is 4.79 Å². The minimum atomic E-state index is -0.865. The summed E-state index contributed by atoms with van der Waals surface area (Å²) in [5, 5.41) is 52.2. The molecule has 117 heavy (non-hydrogen) atoms. The van der Waals surface area contributed by atoms with Crippen LogP contribution in [0.1, 0.15) is 92.8 Å². The molecule has 0 saturated carbocycles. The maximum Gasteiger partial charge on any atom is 0.412 e. The van der Waals surface area contributed by atoms with Crippen LogP contribution in [0.5, 0.6) is 11.5 Å². The van der Waals surface area contributed by atoms with Gasteiger partial charge < -0.3 is 65.0 Å². The Hall–Kier alpha value is -12.4. The number of ether oxygens (including phenoxy) is 3. The van der Waals surface area contributed by atoms with Crippen molar-refractivity contribution in [2.45, 2.75) is 71.9 Å². The van der Waals surface area contributed by atoms with E-state index in [0.717, 1.165) is 56.2 Å². The van der Waals surface area contributed by atoms with Crippen molar-refractivity contribution in [2.24, 2.45) is 4.99 Å². The summed E-state index contributed by atoms with van der Waals surface area (Å²) in [6.45, 7) is 16.4. The molecule has 20 heteroatoms. The number of aryl methyl sites for hydroxylation is 1. The predicted molar refractivity (Wildman–Crippen MR) is 452 cm³/mol. The van der Waals surface area contributed by atoms with Crippen molar-refractivity contribution < 1.29 is 99.1 Å². The topological polar surface area (TPSA) is 273 Å². The first-order chi connectivity index (χ1) is 56.0. The third kappa shape index (κ3) is 41.5. The quantitative estimate of drug-likeness (QED) is 0.00974. The van der Waals surface area contributed by atoms with E-state index in [-0.39, 0.29) is 90.7 Å². The Bertz CT molecular complexity index is 4370. The number of aromatic nitrogens is 4. The second-order valence-corrected chi connectivity index (χ2v) is 24.3. The summed E-state index contributed by atoms with van der Waals surface area (Å²) in [6.07, 6.45) is 5.07. The number of hydrogen-bond donors (Lipinski definition) is 6. The molecule has 0 spiro atoms. The molecule has 0 aliphatic heterocycles. The average molecular weight is 1920 g/mol. The Labute approximate surface area is 713 Å². The predicted octanol–water partition coefficient (Wildman–Crippen LogP) is 19.3. The molecule has 0 bridgehead atoms. The van der Waals surface area contributed by atoms with Crippen LogP contribution in [0.25, 0.3) is 45.0 Å². The molecule has 0 saturated heterocycles. The Morgan fingerprint density at radius 2 is 0.718 bits per heavy atom. The van der Waals surface area contributed by atoms with Gasteiger partial charge in [0.25, 0.3) is 0 Å². The number of hydrogen-bond acceptors (Lipinski definition) is 17. The molecule has 9 aromatic carbocycles. The van der Waals surface area contributed by atoms with Crippen LogP contribution < -0.4 is 10.1 Å². The van der Waals surface area contributed by atoms with Gasteiger partial charge in [-0.3, -0.25) is 0 Å². The molecule has 0 fully saturated rings. The minimum Gasteiger partial charge on any atom is -0.508 e. The zero-order valence-electron chi connectivity index (χ0n) is 65.7. The number of nitrogens with one attached hydrogen (secondary N) is 1. The van der Waals surface area contributed by atoms with Crippen LogP contribution in [0, 0.1) is 31.2 Å². The van der Waals surface area contributed by atoms with Gasteiger partial charge in [0.2, 0.25) is 6.08 Å². The molecule has 18 nitrogen and oxygen atoms in total. The maximum atomic E-state index is 11.7. The minimum absolute atomic E-state index is 0. The fourth-order valence-corrected chi connectivity index (χ4v) is 9.52. The van der Waals surface area contributed by atoms with Gasteiger partial charge in [-0.05, 0) is 114 Å². The standard InChI is InChI=1S/C22H25NO6.C15H16O3.4C11H8N.C7H9NO3.C7H8.C2H6.2Ir/c1-15(2)21(26)28-13-12-23-22(27)29-18-10-8-17(9-11-18)20(25)14-19(24)16-6-4-3-5-7-16;16-13-8-6-12(7-9-13)15(18)10-14(17)11-4-2-1-3-5-11;4*1-2-6-10(7-3-1)11-8-4-5-9-12-11;1-6(2)7(10)11-4-3-8-5-9;1-7-5-3-2-4-6-7;1-2;;/h3-11,19-20,24-25H,1,12-14H2,2H3,(H,23,27);1-9,14-18H,10H2;4*1-6,8-9H;1,3-4H2,2H3;2-6H,1H3;1-2H3;;/q;;4*-1;;;;;. The van der Waals surface area contributed by atoms with E-state index in [1.54, 1.807) is 80.2 Å². The summed E-state index contributed by atoms with van der Waals surface area (Å²) in [4.78, 5) is 63.2. The number of aliphatic hydroxyl groups excluding tert-OH is 4. The molecule has 13 aromatic rings. The summed E-state index contributed by atoms with van der Waals surface area (Å²) in [5.41, 5.74) is 12.8. The number of carbonyl (C=O) groups is 3. The summed E-state index contributed by atoms with van der Waals surface area (Å²) < 4.78 is 14.6. The number of aliphatic hydroxyl groups is 4. The second kappa shape index (κ2) is 60.2. The first-order valence-corrected chi connectivity index (χ1v) is 36.9. The number of aromatic hydroxyl groups is 1. The van der Waals surface area contributed by atoms with Crippen LogP contribution in [0.2, 0.25) is 0 Å². The van der Waals surface area contributed by atoms with E-state index >= 15 is 0 Å². The first-order valence-electron chi connectivity index (χ1n) is 36.9. The van der Waals surface area contributed by atoms with Gasteiger partial charge in [0, 0.05) is 89.0 Å². The van der Waals surface area contributed by atoms with Gasteiger partial charge in [0.15, 0.2) is 0 Å². The van der Waals surface area contributed by atoms with Crippen molar-refractivity contribution in [1.82, 2.24) is 25.3 Å². The number of pyridine rings is 4. The fraction of sp³-hybridized carbons (Fsp3) is 0.155. The molecule has 608 valence electrons. The van der Waals surface area contributed by atoms with E-state index in [1.165, 1.54) is 30.7 Å². The molecule has 2 radical (unpaired) electrons. The Morgan fingerprint density at radius 1 is 0.419 bits per heavy atom. The van der Waals surface area contributed by atoms with Crippen LogP contribution in [-0.4, -0.2) is 95.9 Å². The van der Waals surface area contributed by atoms with Gasteiger partial charge >= 0.3 is 18.0 Å². The SMILES string of the molecule is C=C(C)C(=O)OCCN=C=O.C=C(C)C(=O)OCCNC(=O)Oc1ccc(C(O)CC(O)c2ccccc2)cc1.CC.Cc1ccccc1.Oc1ccc(C(O)CC(O)c2ccccc2)cc1.[Ir].[Ir].[c-]1ccccc1-c1ccccn1.[c-]1ccccc1-c1ccccn1.[c-]1ccccc1-c1ccccn1.[c-]1ccccc1-c1ccccn1. The molecule has 4 heterocycles. The normalized spacial score (nSPS) is 10.6. The van der Waals surface area contributed by atoms with Gasteiger partial charge in [0.1, 0.15) is 24.7 Å². The Balaban J connectivity index is 0.000000355. The zero-order valence-corrected chi connectivity index (χ0v) is 70.5. The Morgan fingerprint density at radius 3 is 1.00 bits per heavy atom. The van der Waals surface area contributed by atoms with Crippen LogP contribution in [0.3, 0.4) is 0 Å². The van der Waals surface area contributed by atoms with Crippen molar-refractivity contribution in [3.8, 4) is 56.5 Å². The van der Waals surface area contributed by atoms with Gasteiger partial charge in [-0.15, -0.1) is 144 Å².